The number of cyclic esters (lactones) is 1. The summed E-state index contributed by atoms with van der Waals surface area (Å²) in [6.45, 7) is 8.16. The van der Waals surface area contributed by atoms with Gasteiger partial charge in [0.2, 0.25) is 0 Å². The topological polar surface area (TPSA) is 140 Å². The summed E-state index contributed by atoms with van der Waals surface area (Å²) in [5.74, 6) is -0.340. The van der Waals surface area contributed by atoms with Crippen LogP contribution in [0.15, 0.2) is 42.0 Å². The molecule has 0 amide bonds. The van der Waals surface area contributed by atoms with Gasteiger partial charge >= 0.3 is 5.97 Å². The molecule has 1 aromatic heterocycles. The molecule has 8 rings (SSSR count). The van der Waals surface area contributed by atoms with Crippen LogP contribution in [0.4, 0.5) is 0 Å². The van der Waals surface area contributed by atoms with E-state index in [-0.39, 0.29) is 90.9 Å². The highest BCUT2D eigenvalue weighted by atomic mass is 16.7. The number of Topliss-reactive ketones (excluding diaryl/α,β-unsaturated/α-hetero) is 1. The summed E-state index contributed by atoms with van der Waals surface area (Å²) in [5.41, 5.74) is 3.68. The third-order valence-electron chi connectivity index (χ3n) is 15.1. The van der Waals surface area contributed by atoms with Crippen LogP contribution in [0.3, 0.4) is 0 Å². The lowest BCUT2D eigenvalue weighted by Crippen LogP contribution is -2.59. The van der Waals surface area contributed by atoms with Gasteiger partial charge in [0.1, 0.15) is 30.2 Å². The summed E-state index contributed by atoms with van der Waals surface area (Å²) in [6.07, 6.45) is 5.16. The standard InChI is InChI=1S/C48H69N3O10/c1-10-29-17-14-18-37(61-39-20-19-36(51(5)6)26(3)57-39)25(2)43(53)35-23-32-31-21-30(60-48-46(56-9)45(55-8)44(54-7)27(4)58-48)22-34(31)41-42(40(32)33(35)24-38(52)59-29)50-47(49-41)28-15-12-11-13-16-28/h11-13,15-16,23,25-27,29-34,36-37,39-40,44-46,48H,10,14,17-22,24H2,1-9H3,(H,49,50)/t25-,26-,27+,29+,30+,31+,32+,33-,34-,36+,37+,39+,40-,44+,45-,46-,48+/m1/s1. The number of rotatable bonds is 10. The zero-order valence-corrected chi connectivity index (χ0v) is 37.6. The molecule has 1 aromatic carbocycles. The smallest absolute Gasteiger partial charge is 0.306 e. The largest absolute Gasteiger partial charge is 0.462 e. The fraction of sp³-hybridized carbons (Fsp3) is 0.729. The second-order valence-corrected chi connectivity index (χ2v) is 18.8. The molecule has 0 radical (unpaired) electrons. The Morgan fingerprint density at radius 3 is 2.30 bits per heavy atom. The van der Waals surface area contributed by atoms with Crippen molar-refractivity contribution in [2.75, 3.05) is 35.4 Å². The lowest BCUT2D eigenvalue weighted by Gasteiger charge is -2.44. The van der Waals surface area contributed by atoms with E-state index >= 15 is 4.79 Å². The molecule has 3 saturated heterocycles. The van der Waals surface area contributed by atoms with E-state index in [1.54, 1.807) is 21.3 Å². The molecule has 336 valence electrons. The van der Waals surface area contributed by atoms with E-state index in [1.807, 2.05) is 32.0 Å². The van der Waals surface area contributed by atoms with Crippen LogP contribution in [0.25, 0.3) is 11.4 Å². The summed E-state index contributed by atoms with van der Waals surface area (Å²) in [5, 5.41) is 0. The van der Waals surface area contributed by atoms with Gasteiger partial charge in [-0.05, 0) is 96.7 Å². The molecule has 3 aliphatic carbocycles. The first kappa shape index (κ1) is 44.6. The number of hydrogen-bond acceptors (Lipinski definition) is 12. The number of carbonyl (C=O) groups is 2. The van der Waals surface area contributed by atoms with Crippen molar-refractivity contribution in [1.29, 1.82) is 0 Å². The summed E-state index contributed by atoms with van der Waals surface area (Å²) in [6, 6.07) is 10.5. The van der Waals surface area contributed by atoms with Gasteiger partial charge in [-0.1, -0.05) is 50.3 Å². The van der Waals surface area contributed by atoms with Gasteiger partial charge in [-0.3, -0.25) is 9.59 Å². The molecule has 0 spiro atoms. The highest BCUT2D eigenvalue weighted by Crippen LogP contribution is 2.61. The molecule has 61 heavy (non-hydrogen) atoms. The molecule has 3 aliphatic heterocycles. The number of H-pyrrole nitrogens is 1. The van der Waals surface area contributed by atoms with E-state index < -0.39 is 24.2 Å². The van der Waals surface area contributed by atoms with E-state index in [0.29, 0.717) is 24.5 Å². The number of fused-ring (bicyclic) bond motifs is 8. The number of allylic oxidation sites excluding steroid dienone is 2. The summed E-state index contributed by atoms with van der Waals surface area (Å²) in [7, 11) is 9.15. The number of aromatic nitrogens is 2. The Hall–Kier alpha value is -3.01. The number of hydrogen-bond donors (Lipinski definition) is 1. The van der Waals surface area contributed by atoms with Gasteiger partial charge in [-0.2, -0.15) is 0 Å². The quantitative estimate of drug-likeness (QED) is 0.248. The number of nitrogens with zero attached hydrogens (tertiary/aromatic N) is 2. The fourth-order valence-corrected chi connectivity index (χ4v) is 11.9. The van der Waals surface area contributed by atoms with Crippen LogP contribution in [0.2, 0.25) is 0 Å². The molecule has 13 heteroatoms. The van der Waals surface area contributed by atoms with Crippen molar-refractivity contribution in [3.8, 4) is 11.4 Å². The van der Waals surface area contributed by atoms with E-state index in [9.17, 15) is 4.79 Å². The number of aromatic amines is 1. The molecule has 13 nitrogen and oxygen atoms in total. The number of likely N-dealkylation sites (N-methyl/N-ethyl adjacent to an activating group) is 1. The number of imidazole rings is 1. The molecule has 17 atom stereocenters. The Bertz CT molecular complexity index is 1850. The minimum absolute atomic E-state index is 0.00746. The lowest BCUT2D eigenvalue weighted by atomic mass is 9.67. The second-order valence-electron chi connectivity index (χ2n) is 18.8. The van der Waals surface area contributed by atoms with E-state index in [1.165, 1.54) is 0 Å². The Balaban J connectivity index is 1.13. The molecule has 4 heterocycles. The Morgan fingerprint density at radius 2 is 1.61 bits per heavy atom. The van der Waals surface area contributed by atoms with Crippen molar-refractivity contribution in [3.05, 3.63) is 53.4 Å². The van der Waals surface area contributed by atoms with Gasteiger partial charge in [0.05, 0.1) is 36.5 Å². The number of carbonyl (C=O) groups excluding carboxylic acids is 2. The third kappa shape index (κ3) is 8.79. The maximum atomic E-state index is 15.2. The Kier molecular flexibility index (Phi) is 13.9. The minimum Gasteiger partial charge on any atom is -0.462 e. The average molecular weight is 848 g/mol. The van der Waals surface area contributed by atoms with Gasteiger partial charge in [-0.25, -0.2) is 4.98 Å². The maximum Gasteiger partial charge on any atom is 0.306 e. The highest BCUT2D eigenvalue weighted by Gasteiger charge is 2.57. The van der Waals surface area contributed by atoms with E-state index in [4.69, 9.17) is 42.9 Å². The summed E-state index contributed by atoms with van der Waals surface area (Å²) in [4.78, 5) is 40.6. The number of ether oxygens (including phenoxy) is 8. The number of nitrogens with one attached hydrogen (secondary N) is 1. The zero-order chi connectivity index (χ0) is 43.1. The molecular formula is C48H69N3O10. The number of ketones is 1. The van der Waals surface area contributed by atoms with Crippen LogP contribution in [0.1, 0.15) is 109 Å². The second kappa shape index (κ2) is 19.0. The highest BCUT2D eigenvalue weighted by molar-refractivity contribution is 5.99. The predicted octanol–water partition coefficient (Wildman–Crippen LogP) is 6.96. The monoisotopic (exact) mass is 847 g/mol. The van der Waals surface area contributed by atoms with Crippen molar-refractivity contribution >= 4 is 11.8 Å². The van der Waals surface area contributed by atoms with Gasteiger partial charge in [0, 0.05) is 62.3 Å². The molecule has 0 unspecified atom stereocenters. The predicted molar refractivity (Wildman–Crippen MR) is 228 cm³/mol. The van der Waals surface area contributed by atoms with Crippen molar-refractivity contribution < 1.29 is 47.5 Å². The van der Waals surface area contributed by atoms with Gasteiger partial charge in [0.25, 0.3) is 0 Å². The zero-order valence-electron chi connectivity index (χ0n) is 37.6. The molecule has 4 fully saturated rings. The van der Waals surface area contributed by atoms with E-state index in [0.717, 1.165) is 61.3 Å². The fourth-order valence-electron chi connectivity index (χ4n) is 11.9. The van der Waals surface area contributed by atoms with Crippen LogP contribution in [-0.2, 0) is 47.5 Å². The van der Waals surface area contributed by atoms with Crippen LogP contribution in [-0.4, -0.2) is 129 Å². The molecule has 0 bridgehead atoms. The van der Waals surface area contributed by atoms with Gasteiger partial charge < -0.3 is 47.8 Å². The van der Waals surface area contributed by atoms with Crippen molar-refractivity contribution in [3.63, 3.8) is 0 Å². The SMILES string of the molecule is CC[C@H]1CCC[C@H](O[C@H]2CC[C@H](N(C)C)[C@@H](C)O2)[C@@H](C)C(=O)C2=C[C@H]3[C@@H]4C[C@H](O[C@@H]5O[C@@H](C)[C@H](OC)[C@@H](OC)[C@H]5OC)C[C@H]4c4[nH]c(-c5ccccc5)nc4[C@H]3[C@@H]2CC(=O)O1. The summed E-state index contributed by atoms with van der Waals surface area (Å²) >= 11 is 0. The van der Waals surface area contributed by atoms with Gasteiger partial charge in [-0.15, -0.1) is 0 Å². The van der Waals surface area contributed by atoms with E-state index in [2.05, 4.69) is 56.0 Å². The molecule has 1 N–H and O–H groups in total. The number of benzene rings is 1. The van der Waals surface area contributed by atoms with Crippen molar-refractivity contribution in [1.82, 2.24) is 14.9 Å². The Labute approximate surface area is 361 Å². The molecule has 1 saturated carbocycles. The van der Waals surface area contributed by atoms with Crippen LogP contribution >= 0.6 is 0 Å². The lowest BCUT2D eigenvalue weighted by molar-refractivity contribution is -0.314. The van der Waals surface area contributed by atoms with Gasteiger partial charge in [0.15, 0.2) is 18.4 Å². The first-order chi connectivity index (χ1) is 29.4. The van der Waals surface area contributed by atoms with Crippen molar-refractivity contribution in [2.45, 2.75) is 165 Å². The normalized spacial score (nSPS) is 40.6. The Morgan fingerprint density at radius 1 is 0.852 bits per heavy atom. The first-order valence-electron chi connectivity index (χ1n) is 22.9. The minimum atomic E-state index is -0.666. The van der Waals surface area contributed by atoms with Crippen LogP contribution in [0.5, 0.6) is 0 Å². The number of methoxy groups -OCH3 is 3. The molecule has 6 aliphatic rings. The molecule has 2 aromatic rings. The average Bonchev–Trinajstić information content (AvgIpc) is 3.98. The third-order valence-corrected chi connectivity index (χ3v) is 15.1. The number of esters is 1. The first-order valence-corrected chi connectivity index (χ1v) is 22.9. The van der Waals surface area contributed by atoms with Crippen LogP contribution in [0, 0.1) is 23.7 Å². The summed E-state index contributed by atoms with van der Waals surface area (Å²) < 4.78 is 50.5. The van der Waals surface area contributed by atoms with Crippen LogP contribution < -0.4 is 0 Å². The molecular weight excluding hydrogens is 779 g/mol. The maximum absolute atomic E-state index is 15.2. The van der Waals surface area contributed by atoms with Crippen molar-refractivity contribution in [2.24, 2.45) is 23.7 Å².